The maximum absolute atomic E-state index is 11.4. The Morgan fingerprint density at radius 1 is 0.950 bits per heavy atom. The van der Waals surface area contributed by atoms with Crippen molar-refractivity contribution in [2.75, 3.05) is 20.3 Å². The minimum Gasteiger partial charge on any atom is -0.466 e. The van der Waals surface area contributed by atoms with Crippen LogP contribution in [0.5, 0.6) is 0 Å². The molecule has 5 nitrogen and oxygen atoms in total. The van der Waals surface area contributed by atoms with Gasteiger partial charge in [-0.2, -0.15) is 0 Å². The van der Waals surface area contributed by atoms with E-state index in [0.29, 0.717) is 38.1 Å². The van der Waals surface area contributed by atoms with Crippen LogP contribution in [0.4, 0.5) is 0 Å². The average Bonchev–Trinajstić information content (AvgIpc) is 2.76. The number of hydrogen-bond acceptors (Lipinski definition) is 5. The molecule has 0 aromatic heterocycles. The van der Waals surface area contributed by atoms with Gasteiger partial charge in [0.25, 0.3) is 0 Å². The first-order chi connectivity index (χ1) is 9.58. The molecule has 0 aromatic rings. The summed E-state index contributed by atoms with van der Waals surface area (Å²) in [5, 5.41) is 0. The molecule has 1 rings (SSSR count). The lowest BCUT2D eigenvalue weighted by molar-refractivity contribution is -0.144. The van der Waals surface area contributed by atoms with Gasteiger partial charge in [0, 0.05) is 24.9 Å². The highest BCUT2D eigenvalue weighted by atomic mass is 16.5. The zero-order chi connectivity index (χ0) is 15.0. The number of carbonyl (C=O) groups excluding carboxylic acids is 2. The Labute approximate surface area is 121 Å². The van der Waals surface area contributed by atoms with E-state index in [1.807, 2.05) is 13.8 Å². The molecule has 0 spiro atoms. The molecule has 0 saturated carbocycles. The van der Waals surface area contributed by atoms with Crippen molar-refractivity contribution in [3.63, 3.8) is 0 Å². The van der Waals surface area contributed by atoms with E-state index in [9.17, 15) is 9.59 Å². The molecule has 0 bridgehead atoms. The number of likely N-dealkylation sites (tertiary alicyclic amines) is 1. The van der Waals surface area contributed by atoms with Crippen molar-refractivity contribution >= 4 is 11.9 Å². The monoisotopic (exact) mass is 285 g/mol. The molecule has 0 aromatic carbocycles. The van der Waals surface area contributed by atoms with E-state index >= 15 is 0 Å². The molecular formula is C15H27NO4. The molecule has 1 fully saturated rings. The van der Waals surface area contributed by atoms with Crippen LogP contribution in [0.1, 0.15) is 52.4 Å². The number of carbonyl (C=O) groups is 2. The minimum atomic E-state index is -0.115. The molecule has 2 atom stereocenters. The normalized spacial score (nSPS) is 22.8. The van der Waals surface area contributed by atoms with Gasteiger partial charge in [-0.1, -0.05) is 0 Å². The van der Waals surface area contributed by atoms with E-state index in [1.165, 1.54) is 0 Å². The van der Waals surface area contributed by atoms with Crippen molar-refractivity contribution in [3.05, 3.63) is 0 Å². The van der Waals surface area contributed by atoms with Crippen LogP contribution in [0.25, 0.3) is 0 Å². The molecule has 0 N–H and O–H groups in total. The molecular weight excluding hydrogens is 258 g/mol. The van der Waals surface area contributed by atoms with E-state index in [0.717, 1.165) is 25.7 Å². The number of nitrogens with zero attached hydrogens (tertiary/aromatic N) is 1. The first kappa shape index (κ1) is 17.0. The third kappa shape index (κ3) is 5.49. The van der Waals surface area contributed by atoms with Crippen LogP contribution in [0.15, 0.2) is 0 Å². The zero-order valence-electron chi connectivity index (χ0n) is 12.9. The quantitative estimate of drug-likeness (QED) is 0.639. The summed E-state index contributed by atoms with van der Waals surface area (Å²) in [5.74, 6) is -0.230. The van der Waals surface area contributed by atoms with Crippen molar-refractivity contribution in [3.8, 4) is 0 Å². The van der Waals surface area contributed by atoms with Gasteiger partial charge in [0.05, 0.1) is 13.2 Å². The van der Waals surface area contributed by atoms with Gasteiger partial charge in [0.1, 0.15) is 0 Å². The SMILES string of the molecule is CCOC(=O)CCC1CCC(CCC(=O)OCC)N1C. The predicted molar refractivity (Wildman–Crippen MR) is 76.3 cm³/mol. The van der Waals surface area contributed by atoms with Crippen molar-refractivity contribution in [2.24, 2.45) is 0 Å². The van der Waals surface area contributed by atoms with Crippen LogP contribution in [-0.2, 0) is 19.1 Å². The van der Waals surface area contributed by atoms with Crippen LogP contribution in [0.2, 0.25) is 0 Å². The van der Waals surface area contributed by atoms with Crippen molar-refractivity contribution < 1.29 is 19.1 Å². The van der Waals surface area contributed by atoms with E-state index in [2.05, 4.69) is 11.9 Å². The van der Waals surface area contributed by atoms with Gasteiger partial charge in [0.15, 0.2) is 0 Å². The molecule has 20 heavy (non-hydrogen) atoms. The molecule has 2 unspecified atom stereocenters. The molecule has 1 heterocycles. The molecule has 1 aliphatic heterocycles. The Morgan fingerprint density at radius 3 is 1.70 bits per heavy atom. The van der Waals surface area contributed by atoms with Crippen LogP contribution in [-0.4, -0.2) is 49.2 Å². The summed E-state index contributed by atoms with van der Waals surface area (Å²) in [6.45, 7) is 4.54. The van der Waals surface area contributed by atoms with Crippen molar-refractivity contribution in [1.29, 1.82) is 0 Å². The van der Waals surface area contributed by atoms with Gasteiger partial charge >= 0.3 is 11.9 Å². The summed E-state index contributed by atoms with van der Waals surface area (Å²) in [4.78, 5) is 25.0. The highest BCUT2D eigenvalue weighted by molar-refractivity contribution is 5.69. The fourth-order valence-electron chi connectivity index (χ4n) is 2.82. The number of ether oxygens (including phenoxy) is 2. The summed E-state index contributed by atoms with van der Waals surface area (Å²) in [6.07, 6.45) is 4.81. The third-order valence-corrected chi connectivity index (χ3v) is 3.96. The standard InChI is InChI=1S/C15H27NO4/c1-4-19-14(17)10-8-12-6-7-13(16(12)3)9-11-15(18)20-5-2/h12-13H,4-11H2,1-3H3. The van der Waals surface area contributed by atoms with E-state index < -0.39 is 0 Å². The Kier molecular flexibility index (Phi) is 7.59. The Hall–Kier alpha value is -1.10. The lowest BCUT2D eigenvalue weighted by atomic mass is 10.1. The smallest absolute Gasteiger partial charge is 0.305 e. The second-order valence-electron chi connectivity index (χ2n) is 5.24. The Bertz CT molecular complexity index is 289. The molecule has 0 aliphatic carbocycles. The van der Waals surface area contributed by atoms with Gasteiger partial charge in [-0.25, -0.2) is 0 Å². The molecule has 5 heteroatoms. The van der Waals surface area contributed by atoms with E-state index in [1.54, 1.807) is 0 Å². The summed E-state index contributed by atoms with van der Waals surface area (Å²) in [5.41, 5.74) is 0. The maximum Gasteiger partial charge on any atom is 0.305 e. The van der Waals surface area contributed by atoms with Gasteiger partial charge in [-0.15, -0.1) is 0 Å². The van der Waals surface area contributed by atoms with Crippen molar-refractivity contribution in [2.45, 2.75) is 64.5 Å². The summed E-state index contributed by atoms with van der Waals surface area (Å²) < 4.78 is 9.90. The van der Waals surface area contributed by atoms with Crippen LogP contribution in [0, 0.1) is 0 Å². The summed E-state index contributed by atoms with van der Waals surface area (Å²) >= 11 is 0. The van der Waals surface area contributed by atoms with E-state index in [4.69, 9.17) is 9.47 Å². The van der Waals surface area contributed by atoms with E-state index in [-0.39, 0.29) is 11.9 Å². The highest BCUT2D eigenvalue weighted by Crippen LogP contribution is 2.28. The molecule has 0 radical (unpaired) electrons. The highest BCUT2D eigenvalue weighted by Gasteiger charge is 2.30. The first-order valence-corrected chi connectivity index (χ1v) is 7.61. The second kappa shape index (κ2) is 8.95. The lowest BCUT2D eigenvalue weighted by Gasteiger charge is -2.25. The number of hydrogen-bond donors (Lipinski definition) is 0. The van der Waals surface area contributed by atoms with Gasteiger partial charge < -0.3 is 14.4 Å². The largest absolute Gasteiger partial charge is 0.466 e. The van der Waals surface area contributed by atoms with Crippen LogP contribution >= 0.6 is 0 Å². The van der Waals surface area contributed by atoms with Gasteiger partial charge in [0.2, 0.25) is 0 Å². The van der Waals surface area contributed by atoms with Crippen molar-refractivity contribution in [1.82, 2.24) is 4.90 Å². The molecule has 0 amide bonds. The molecule has 116 valence electrons. The first-order valence-electron chi connectivity index (χ1n) is 7.61. The minimum absolute atomic E-state index is 0.115. The second-order valence-corrected chi connectivity index (χ2v) is 5.24. The number of esters is 2. The molecule has 1 saturated heterocycles. The zero-order valence-corrected chi connectivity index (χ0v) is 12.9. The Morgan fingerprint density at radius 2 is 1.35 bits per heavy atom. The average molecular weight is 285 g/mol. The summed E-state index contributed by atoms with van der Waals surface area (Å²) in [6, 6.07) is 0.846. The van der Waals surface area contributed by atoms with Crippen LogP contribution in [0.3, 0.4) is 0 Å². The summed E-state index contributed by atoms with van der Waals surface area (Å²) in [7, 11) is 2.08. The fraction of sp³-hybridized carbons (Fsp3) is 0.867. The maximum atomic E-state index is 11.4. The van der Waals surface area contributed by atoms with Gasteiger partial charge in [-0.05, 0) is 46.6 Å². The molecule has 1 aliphatic rings. The predicted octanol–water partition coefficient (Wildman–Crippen LogP) is 2.14. The lowest BCUT2D eigenvalue weighted by Crippen LogP contribution is -2.33. The Balaban J connectivity index is 2.26. The van der Waals surface area contributed by atoms with Gasteiger partial charge in [-0.3, -0.25) is 9.59 Å². The van der Waals surface area contributed by atoms with Crippen LogP contribution < -0.4 is 0 Å². The third-order valence-electron chi connectivity index (χ3n) is 3.96. The number of rotatable bonds is 8. The fourth-order valence-corrected chi connectivity index (χ4v) is 2.82. The topological polar surface area (TPSA) is 55.8 Å².